The second kappa shape index (κ2) is 7.31. The van der Waals surface area contributed by atoms with Gasteiger partial charge in [0.2, 0.25) is 0 Å². The number of imide groups is 1. The maximum absolute atomic E-state index is 13.9. The van der Waals surface area contributed by atoms with Crippen molar-refractivity contribution in [3.8, 4) is 0 Å². The lowest BCUT2D eigenvalue weighted by Gasteiger charge is -2.14. The first-order valence-electron chi connectivity index (χ1n) is 7.39. The van der Waals surface area contributed by atoms with Crippen LogP contribution < -0.4 is 0 Å². The highest BCUT2D eigenvalue weighted by atomic mass is 35.5. The summed E-state index contributed by atoms with van der Waals surface area (Å²) in [6, 6.07) is 10.2. The summed E-state index contributed by atoms with van der Waals surface area (Å²) in [4.78, 5) is 36.9. The van der Waals surface area contributed by atoms with E-state index in [-0.39, 0.29) is 27.6 Å². The second-order valence-corrected chi connectivity index (χ2v) is 6.76. The first kappa shape index (κ1) is 18.2. The molecule has 0 atom stereocenters. The number of amides is 2. The Kier molecular flexibility index (Phi) is 5.11. The summed E-state index contributed by atoms with van der Waals surface area (Å²) in [6.45, 7) is -0.298. The number of carboxylic acid groups (broad SMARTS) is 1. The number of carbonyl (C=O) groups excluding carboxylic acids is 2. The maximum atomic E-state index is 13.9. The van der Waals surface area contributed by atoms with Crippen LogP contribution in [-0.2, 0) is 11.3 Å². The van der Waals surface area contributed by atoms with E-state index in [2.05, 4.69) is 0 Å². The van der Waals surface area contributed by atoms with Crippen LogP contribution in [0.5, 0.6) is 0 Å². The van der Waals surface area contributed by atoms with Crippen LogP contribution >= 0.6 is 23.4 Å². The molecule has 5 nitrogen and oxygen atoms in total. The highest BCUT2D eigenvalue weighted by molar-refractivity contribution is 8.18. The third-order valence-corrected chi connectivity index (χ3v) is 4.99. The number of carboxylic acids is 1. The molecule has 1 fully saturated rings. The van der Waals surface area contributed by atoms with Crippen molar-refractivity contribution >= 4 is 46.6 Å². The van der Waals surface area contributed by atoms with Crippen molar-refractivity contribution in [1.82, 2.24) is 4.90 Å². The van der Waals surface area contributed by atoms with Crippen LogP contribution in [0, 0.1) is 5.82 Å². The van der Waals surface area contributed by atoms with E-state index >= 15 is 0 Å². The molecule has 2 amide bonds. The zero-order valence-corrected chi connectivity index (χ0v) is 14.7. The Bertz CT molecular complexity index is 940. The first-order chi connectivity index (χ1) is 12.4. The van der Waals surface area contributed by atoms with Gasteiger partial charge in [0.25, 0.3) is 11.1 Å². The van der Waals surface area contributed by atoms with Gasteiger partial charge in [-0.25, -0.2) is 9.18 Å². The number of carbonyl (C=O) groups is 3. The van der Waals surface area contributed by atoms with Gasteiger partial charge < -0.3 is 5.11 Å². The standard InChI is InChI=1S/C18H11ClFNO4S/c19-13-6-3-7-14(20)12(13)9-21-16(22)15(26-18(21)25)8-10-4-1-2-5-11(10)17(23)24/h1-8H,9H2,(H,23,24)/b15-8-. The lowest BCUT2D eigenvalue weighted by Crippen LogP contribution is -2.28. The van der Waals surface area contributed by atoms with Crippen molar-refractivity contribution in [3.63, 3.8) is 0 Å². The molecule has 0 unspecified atom stereocenters. The van der Waals surface area contributed by atoms with Crippen LogP contribution in [0.4, 0.5) is 9.18 Å². The number of rotatable bonds is 4. The Hall–Kier alpha value is -2.64. The molecule has 1 saturated heterocycles. The van der Waals surface area contributed by atoms with E-state index in [1.165, 1.54) is 36.4 Å². The van der Waals surface area contributed by atoms with E-state index in [1.807, 2.05) is 0 Å². The van der Waals surface area contributed by atoms with Gasteiger partial charge in [0.1, 0.15) is 5.82 Å². The molecular weight excluding hydrogens is 381 g/mol. The van der Waals surface area contributed by atoms with Gasteiger partial charge in [0.15, 0.2) is 0 Å². The van der Waals surface area contributed by atoms with Crippen LogP contribution in [0.25, 0.3) is 6.08 Å². The Morgan fingerprint density at radius 2 is 1.92 bits per heavy atom. The van der Waals surface area contributed by atoms with Crippen molar-refractivity contribution in [2.75, 3.05) is 0 Å². The molecule has 2 aromatic carbocycles. The predicted molar refractivity (Wildman–Crippen MR) is 96.3 cm³/mol. The fraction of sp³-hybridized carbons (Fsp3) is 0.0556. The van der Waals surface area contributed by atoms with E-state index < -0.39 is 22.9 Å². The Labute approximate surface area is 157 Å². The average Bonchev–Trinajstić information content (AvgIpc) is 2.85. The molecule has 8 heteroatoms. The zero-order chi connectivity index (χ0) is 18.8. The highest BCUT2D eigenvalue weighted by Gasteiger charge is 2.36. The molecule has 0 aliphatic carbocycles. The van der Waals surface area contributed by atoms with Crippen LogP contribution in [-0.4, -0.2) is 27.1 Å². The molecule has 1 heterocycles. The summed E-state index contributed by atoms with van der Waals surface area (Å²) < 4.78 is 13.9. The molecule has 0 bridgehead atoms. The molecule has 3 rings (SSSR count). The molecule has 1 aliphatic heterocycles. The summed E-state index contributed by atoms with van der Waals surface area (Å²) in [7, 11) is 0. The van der Waals surface area contributed by atoms with E-state index in [1.54, 1.807) is 12.1 Å². The fourth-order valence-corrected chi connectivity index (χ4v) is 3.49. The van der Waals surface area contributed by atoms with Crippen molar-refractivity contribution in [2.24, 2.45) is 0 Å². The number of halogens is 2. The predicted octanol–water partition coefficient (Wildman–Crippen LogP) is 4.41. The van der Waals surface area contributed by atoms with Crippen molar-refractivity contribution in [3.05, 3.63) is 74.9 Å². The van der Waals surface area contributed by atoms with Gasteiger partial charge in [-0.3, -0.25) is 14.5 Å². The second-order valence-electron chi connectivity index (χ2n) is 5.36. The molecular formula is C18H11ClFNO4S. The molecule has 132 valence electrons. The summed E-state index contributed by atoms with van der Waals surface area (Å²) in [5.74, 6) is -2.38. The minimum atomic E-state index is -1.14. The molecule has 1 aliphatic rings. The maximum Gasteiger partial charge on any atom is 0.336 e. The van der Waals surface area contributed by atoms with Crippen molar-refractivity contribution in [1.29, 1.82) is 0 Å². The fourth-order valence-electron chi connectivity index (χ4n) is 2.44. The van der Waals surface area contributed by atoms with Crippen molar-refractivity contribution < 1.29 is 23.9 Å². The van der Waals surface area contributed by atoms with Gasteiger partial charge >= 0.3 is 5.97 Å². The van der Waals surface area contributed by atoms with Gasteiger partial charge in [-0.15, -0.1) is 0 Å². The number of hydrogen-bond acceptors (Lipinski definition) is 4. The lowest BCUT2D eigenvalue weighted by molar-refractivity contribution is -0.123. The molecule has 1 N–H and O–H groups in total. The minimum absolute atomic E-state index is 0.0106. The normalized spacial score (nSPS) is 15.8. The van der Waals surface area contributed by atoms with Gasteiger partial charge in [-0.05, 0) is 41.6 Å². The van der Waals surface area contributed by atoms with Gasteiger partial charge in [0.05, 0.1) is 17.0 Å². The zero-order valence-electron chi connectivity index (χ0n) is 13.1. The smallest absolute Gasteiger partial charge is 0.336 e. The van der Waals surface area contributed by atoms with Crippen molar-refractivity contribution in [2.45, 2.75) is 6.54 Å². The van der Waals surface area contributed by atoms with E-state index in [0.29, 0.717) is 17.3 Å². The van der Waals surface area contributed by atoms with Gasteiger partial charge in [-0.1, -0.05) is 35.9 Å². The SMILES string of the molecule is O=C(O)c1ccccc1/C=C1\SC(=O)N(Cc2c(F)cccc2Cl)C1=O. The van der Waals surface area contributed by atoms with Gasteiger partial charge in [-0.2, -0.15) is 0 Å². The molecule has 2 aromatic rings. The third kappa shape index (κ3) is 3.49. The number of hydrogen-bond donors (Lipinski definition) is 1. The summed E-state index contributed by atoms with van der Waals surface area (Å²) in [6.07, 6.45) is 1.34. The molecule has 0 spiro atoms. The summed E-state index contributed by atoms with van der Waals surface area (Å²) in [5, 5.41) is 8.75. The Morgan fingerprint density at radius 1 is 1.19 bits per heavy atom. The Morgan fingerprint density at radius 3 is 2.62 bits per heavy atom. The van der Waals surface area contributed by atoms with Crippen LogP contribution in [0.1, 0.15) is 21.5 Å². The molecule has 0 saturated carbocycles. The number of thioether (sulfide) groups is 1. The van der Waals surface area contributed by atoms with Crippen LogP contribution in [0.2, 0.25) is 5.02 Å². The average molecular weight is 392 g/mol. The topological polar surface area (TPSA) is 74.7 Å². The van der Waals surface area contributed by atoms with E-state index in [9.17, 15) is 23.9 Å². The summed E-state index contributed by atoms with van der Waals surface area (Å²) in [5.41, 5.74) is 0.356. The first-order valence-corrected chi connectivity index (χ1v) is 8.58. The summed E-state index contributed by atoms with van der Waals surface area (Å²) >= 11 is 6.62. The Balaban J connectivity index is 1.91. The van der Waals surface area contributed by atoms with Gasteiger partial charge in [0, 0.05) is 10.6 Å². The number of nitrogens with zero attached hydrogens (tertiary/aromatic N) is 1. The molecule has 26 heavy (non-hydrogen) atoms. The quantitative estimate of drug-likeness (QED) is 0.781. The third-order valence-electron chi connectivity index (χ3n) is 3.73. The number of benzene rings is 2. The monoisotopic (exact) mass is 391 g/mol. The number of aromatic carboxylic acids is 1. The lowest BCUT2D eigenvalue weighted by atomic mass is 10.1. The van der Waals surface area contributed by atoms with Crippen LogP contribution in [0.15, 0.2) is 47.4 Å². The van der Waals surface area contributed by atoms with E-state index in [0.717, 1.165) is 4.90 Å². The minimum Gasteiger partial charge on any atom is -0.478 e. The molecule has 0 aromatic heterocycles. The highest BCUT2D eigenvalue weighted by Crippen LogP contribution is 2.35. The molecule has 0 radical (unpaired) electrons. The largest absolute Gasteiger partial charge is 0.478 e. The van der Waals surface area contributed by atoms with Crippen LogP contribution in [0.3, 0.4) is 0 Å². The van der Waals surface area contributed by atoms with E-state index in [4.69, 9.17) is 11.6 Å².